The van der Waals surface area contributed by atoms with E-state index in [0.717, 1.165) is 26.0 Å². The standard InChI is InChI=1S/C17H14BrNO2S/c1-10-12-9-11(18)7-8-14(12)21-16(10)17(20)19-13-5-3-4-6-15(13)22-2/h3-9H,1-2H3,(H,19,20). The van der Waals surface area contributed by atoms with E-state index < -0.39 is 0 Å². The second kappa shape index (κ2) is 6.18. The lowest BCUT2D eigenvalue weighted by Crippen LogP contribution is -2.12. The van der Waals surface area contributed by atoms with Crippen LogP contribution >= 0.6 is 27.7 Å². The molecule has 0 saturated heterocycles. The van der Waals surface area contributed by atoms with Crippen LogP contribution < -0.4 is 5.32 Å². The van der Waals surface area contributed by atoms with Gasteiger partial charge in [-0.1, -0.05) is 28.1 Å². The van der Waals surface area contributed by atoms with Crippen molar-refractivity contribution >= 4 is 50.3 Å². The fourth-order valence-corrected chi connectivity index (χ4v) is 3.25. The zero-order valence-electron chi connectivity index (χ0n) is 12.1. The van der Waals surface area contributed by atoms with Crippen LogP contribution in [0.15, 0.2) is 56.2 Å². The second-order valence-corrected chi connectivity index (χ2v) is 6.61. The molecule has 5 heteroatoms. The van der Waals surface area contributed by atoms with Crippen LogP contribution in [0, 0.1) is 6.92 Å². The maximum atomic E-state index is 12.5. The smallest absolute Gasteiger partial charge is 0.291 e. The molecule has 3 rings (SSSR count). The molecule has 0 unspecified atom stereocenters. The molecule has 1 amide bonds. The van der Waals surface area contributed by atoms with E-state index in [-0.39, 0.29) is 5.91 Å². The molecule has 0 radical (unpaired) electrons. The molecule has 0 saturated carbocycles. The van der Waals surface area contributed by atoms with Crippen molar-refractivity contribution in [3.05, 3.63) is 58.3 Å². The molecule has 3 nitrogen and oxygen atoms in total. The molecule has 22 heavy (non-hydrogen) atoms. The van der Waals surface area contributed by atoms with E-state index >= 15 is 0 Å². The van der Waals surface area contributed by atoms with Crippen molar-refractivity contribution in [2.75, 3.05) is 11.6 Å². The van der Waals surface area contributed by atoms with Crippen LogP contribution in [-0.4, -0.2) is 12.2 Å². The minimum atomic E-state index is -0.230. The quantitative estimate of drug-likeness (QED) is 0.616. The number of anilines is 1. The molecule has 0 aliphatic rings. The third-order valence-corrected chi connectivity index (χ3v) is 4.75. The molecule has 1 N–H and O–H groups in total. The van der Waals surface area contributed by atoms with Crippen LogP contribution in [0.4, 0.5) is 5.69 Å². The van der Waals surface area contributed by atoms with Crippen molar-refractivity contribution in [1.29, 1.82) is 0 Å². The number of carbonyl (C=O) groups is 1. The van der Waals surface area contributed by atoms with Gasteiger partial charge in [0.2, 0.25) is 0 Å². The Morgan fingerprint density at radius 2 is 2.00 bits per heavy atom. The number of hydrogen-bond donors (Lipinski definition) is 1. The number of furan rings is 1. The van der Waals surface area contributed by atoms with Gasteiger partial charge in [-0.2, -0.15) is 0 Å². The summed E-state index contributed by atoms with van der Waals surface area (Å²) in [5.41, 5.74) is 2.35. The third-order valence-electron chi connectivity index (χ3n) is 3.46. The topological polar surface area (TPSA) is 42.2 Å². The molecular weight excluding hydrogens is 362 g/mol. The molecule has 0 aliphatic carbocycles. The van der Waals surface area contributed by atoms with E-state index in [4.69, 9.17) is 4.42 Å². The first-order valence-corrected chi connectivity index (χ1v) is 8.75. The zero-order chi connectivity index (χ0) is 15.7. The van der Waals surface area contributed by atoms with E-state index in [1.165, 1.54) is 0 Å². The Morgan fingerprint density at radius 3 is 2.77 bits per heavy atom. The average molecular weight is 376 g/mol. The number of hydrogen-bond acceptors (Lipinski definition) is 3. The van der Waals surface area contributed by atoms with Crippen LogP contribution in [-0.2, 0) is 0 Å². The molecular formula is C17H14BrNO2S. The van der Waals surface area contributed by atoms with Crippen molar-refractivity contribution in [1.82, 2.24) is 0 Å². The lowest BCUT2D eigenvalue weighted by Gasteiger charge is -2.08. The number of benzene rings is 2. The Bertz CT molecular complexity index is 857. The Kier molecular flexibility index (Phi) is 4.27. The summed E-state index contributed by atoms with van der Waals surface area (Å²) in [5, 5.41) is 3.87. The number of nitrogens with one attached hydrogen (secondary N) is 1. The number of aryl methyl sites for hydroxylation is 1. The summed E-state index contributed by atoms with van der Waals surface area (Å²) in [7, 11) is 0. The van der Waals surface area contributed by atoms with Crippen LogP contribution in [0.3, 0.4) is 0 Å². The lowest BCUT2D eigenvalue weighted by atomic mass is 10.1. The minimum absolute atomic E-state index is 0.230. The molecule has 0 aliphatic heterocycles. The van der Waals surface area contributed by atoms with Gasteiger partial charge in [0.05, 0.1) is 5.69 Å². The number of para-hydroxylation sites is 1. The summed E-state index contributed by atoms with van der Waals surface area (Å²) >= 11 is 5.03. The Morgan fingerprint density at radius 1 is 1.23 bits per heavy atom. The van der Waals surface area contributed by atoms with Gasteiger partial charge in [-0.25, -0.2) is 0 Å². The first-order chi connectivity index (χ1) is 10.6. The highest BCUT2D eigenvalue weighted by Gasteiger charge is 2.18. The summed E-state index contributed by atoms with van der Waals surface area (Å²) in [6.45, 7) is 1.90. The van der Waals surface area contributed by atoms with Crippen LogP contribution in [0.2, 0.25) is 0 Å². The van der Waals surface area contributed by atoms with Gasteiger partial charge in [0, 0.05) is 20.3 Å². The van der Waals surface area contributed by atoms with Crippen molar-refractivity contribution in [3.63, 3.8) is 0 Å². The van der Waals surface area contributed by atoms with E-state index in [0.29, 0.717) is 11.3 Å². The molecule has 1 aromatic heterocycles. The first-order valence-electron chi connectivity index (χ1n) is 6.73. The molecule has 1 heterocycles. The highest BCUT2D eigenvalue weighted by Crippen LogP contribution is 2.30. The Labute approximate surface area is 141 Å². The van der Waals surface area contributed by atoms with Gasteiger partial charge < -0.3 is 9.73 Å². The Balaban J connectivity index is 1.97. The van der Waals surface area contributed by atoms with Crippen LogP contribution in [0.25, 0.3) is 11.0 Å². The highest BCUT2D eigenvalue weighted by molar-refractivity contribution is 9.10. The SMILES string of the molecule is CSc1ccccc1NC(=O)c1oc2ccc(Br)cc2c1C. The van der Waals surface area contributed by atoms with Gasteiger partial charge in [-0.05, 0) is 43.5 Å². The summed E-state index contributed by atoms with van der Waals surface area (Å²) in [6.07, 6.45) is 1.98. The van der Waals surface area contributed by atoms with E-state index in [2.05, 4.69) is 21.2 Å². The van der Waals surface area contributed by atoms with Gasteiger partial charge in [0.1, 0.15) is 5.58 Å². The van der Waals surface area contributed by atoms with Gasteiger partial charge in [-0.3, -0.25) is 4.79 Å². The molecule has 2 aromatic carbocycles. The maximum Gasteiger partial charge on any atom is 0.291 e. The van der Waals surface area contributed by atoms with Gasteiger partial charge in [0.15, 0.2) is 5.76 Å². The average Bonchev–Trinajstić information content (AvgIpc) is 2.85. The maximum absolute atomic E-state index is 12.5. The van der Waals surface area contributed by atoms with Crippen molar-refractivity contribution in [2.24, 2.45) is 0 Å². The highest BCUT2D eigenvalue weighted by atomic mass is 79.9. The molecule has 0 atom stereocenters. The van der Waals surface area contributed by atoms with Gasteiger partial charge >= 0.3 is 0 Å². The molecule has 0 fully saturated rings. The van der Waals surface area contributed by atoms with Gasteiger partial charge in [-0.15, -0.1) is 11.8 Å². The third kappa shape index (κ3) is 2.78. The number of halogens is 1. The second-order valence-electron chi connectivity index (χ2n) is 4.85. The predicted molar refractivity (Wildman–Crippen MR) is 94.8 cm³/mol. The lowest BCUT2D eigenvalue weighted by molar-refractivity contribution is 0.0997. The molecule has 112 valence electrons. The number of fused-ring (bicyclic) bond motifs is 1. The first kappa shape index (κ1) is 15.2. The van der Waals surface area contributed by atoms with Gasteiger partial charge in [0.25, 0.3) is 5.91 Å². The van der Waals surface area contributed by atoms with E-state index in [9.17, 15) is 4.79 Å². The van der Waals surface area contributed by atoms with Crippen LogP contribution in [0.1, 0.15) is 16.1 Å². The van der Waals surface area contributed by atoms with Crippen molar-refractivity contribution in [2.45, 2.75) is 11.8 Å². The van der Waals surface area contributed by atoms with Crippen molar-refractivity contribution in [3.8, 4) is 0 Å². The number of amides is 1. The Hall–Kier alpha value is -1.72. The number of rotatable bonds is 3. The zero-order valence-corrected chi connectivity index (χ0v) is 14.5. The summed E-state index contributed by atoms with van der Waals surface area (Å²) in [5.74, 6) is 0.121. The van der Waals surface area contributed by atoms with Crippen molar-refractivity contribution < 1.29 is 9.21 Å². The van der Waals surface area contributed by atoms with E-state index in [1.54, 1.807) is 11.8 Å². The van der Waals surface area contributed by atoms with E-state index in [1.807, 2.05) is 55.6 Å². The monoisotopic (exact) mass is 375 g/mol. The largest absolute Gasteiger partial charge is 0.451 e. The molecule has 0 spiro atoms. The summed E-state index contributed by atoms with van der Waals surface area (Å²) in [6, 6.07) is 13.4. The number of carbonyl (C=O) groups excluding carboxylic acids is 1. The fourth-order valence-electron chi connectivity index (χ4n) is 2.34. The molecule has 0 bridgehead atoms. The summed E-state index contributed by atoms with van der Waals surface area (Å²) < 4.78 is 6.68. The minimum Gasteiger partial charge on any atom is -0.451 e. The number of thioether (sulfide) groups is 1. The van der Waals surface area contributed by atoms with Crippen LogP contribution in [0.5, 0.6) is 0 Å². The molecule has 3 aromatic rings. The predicted octanol–water partition coefficient (Wildman–Crippen LogP) is 5.48. The summed E-state index contributed by atoms with van der Waals surface area (Å²) in [4.78, 5) is 13.6. The normalized spacial score (nSPS) is 10.9. The fraction of sp³-hybridized carbons (Fsp3) is 0.118.